The fraction of sp³-hybridized carbons (Fsp3) is 0.412. The summed E-state index contributed by atoms with van der Waals surface area (Å²) in [5.74, 6) is 0.558. The zero-order valence-corrected chi connectivity index (χ0v) is 14.6. The van der Waals surface area contributed by atoms with Crippen LogP contribution in [0.25, 0.3) is 0 Å². The Balaban J connectivity index is 1.59. The molecule has 128 valence electrons. The average molecular weight is 345 g/mol. The lowest BCUT2D eigenvalue weighted by atomic mass is 10.1. The number of thiophene rings is 1. The predicted octanol–water partition coefficient (Wildman–Crippen LogP) is 2.25. The SMILES string of the molecule is CN1CCN([C@@H](CNC(=O)Nc2ccccn2)c2cccs2)CC1. The Kier molecular flexibility index (Phi) is 5.79. The van der Waals surface area contributed by atoms with E-state index < -0.39 is 0 Å². The molecular formula is C17H23N5OS. The van der Waals surface area contributed by atoms with Crippen molar-refractivity contribution in [1.29, 1.82) is 0 Å². The first-order valence-electron chi connectivity index (χ1n) is 8.14. The van der Waals surface area contributed by atoms with Crippen LogP contribution in [0.4, 0.5) is 10.6 Å². The van der Waals surface area contributed by atoms with E-state index in [1.54, 1.807) is 23.6 Å². The van der Waals surface area contributed by atoms with Crippen molar-refractivity contribution in [3.63, 3.8) is 0 Å². The highest BCUT2D eigenvalue weighted by molar-refractivity contribution is 7.10. The van der Waals surface area contributed by atoms with Gasteiger partial charge in [0.25, 0.3) is 0 Å². The molecule has 2 aromatic rings. The maximum absolute atomic E-state index is 12.1. The lowest BCUT2D eigenvalue weighted by molar-refractivity contribution is 0.113. The van der Waals surface area contributed by atoms with Crippen LogP contribution in [-0.4, -0.2) is 60.6 Å². The van der Waals surface area contributed by atoms with Gasteiger partial charge in [0, 0.05) is 43.8 Å². The minimum atomic E-state index is -0.218. The van der Waals surface area contributed by atoms with Crippen LogP contribution in [0.15, 0.2) is 41.9 Å². The average Bonchev–Trinajstić information content (AvgIpc) is 3.12. The number of nitrogens with zero attached hydrogens (tertiary/aromatic N) is 3. The molecule has 3 rings (SSSR count). The number of nitrogens with one attached hydrogen (secondary N) is 2. The molecule has 2 amide bonds. The smallest absolute Gasteiger partial charge is 0.320 e. The second kappa shape index (κ2) is 8.23. The maximum atomic E-state index is 12.1. The Hall–Kier alpha value is -1.96. The van der Waals surface area contributed by atoms with E-state index in [2.05, 4.69) is 50.0 Å². The van der Waals surface area contributed by atoms with E-state index in [0.29, 0.717) is 12.4 Å². The van der Waals surface area contributed by atoms with Gasteiger partial charge in [0.2, 0.25) is 0 Å². The van der Waals surface area contributed by atoms with Crippen molar-refractivity contribution < 1.29 is 4.79 Å². The summed E-state index contributed by atoms with van der Waals surface area (Å²) in [7, 11) is 2.15. The van der Waals surface area contributed by atoms with Crippen LogP contribution in [0, 0.1) is 0 Å². The molecule has 1 aliphatic heterocycles. The zero-order valence-electron chi connectivity index (χ0n) is 13.8. The maximum Gasteiger partial charge on any atom is 0.320 e. The van der Waals surface area contributed by atoms with Crippen molar-refractivity contribution >= 4 is 23.2 Å². The van der Waals surface area contributed by atoms with Gasteiger partial charge in [-0.2, -0.15) is 0 Å². The Morgan fingerprint density at radius 3 is 2.75 bits per heavy atom. The summed E-state index contributed by atoms with van der Waals surface area (Å²) >= 11 is 1.74. The van der Waals surface area contributed by atoms with Crippen molar-refractivity contribution in [3.05, 3.63) is 46.8 Å². The highest BCUT2D eigenvalue weighted by atomic mass is 32.1. The number of pyridine rings is 1. The molecular weight excluding hydrogens is 322 g/mol. The molecule has 1 saturated heterocycles. The van der Waals surface area contributed by atoms with Crippen LogP contribution in [0.5, 0.6) is 0 Å². The van der Waals surface area contributed by atoms with E-state index in [9.17, 15) is 4.79 Å². The molecule has 0 unspecified atom stereocenters. The second-order valence-corrected chi connectivity index (χ2v) is 6.90. The molecule has 0 aliphatic carbocycles. The Bertz CT molecular complexity index is 626. The summed E-state index contributed by atoms with van der Waals surface area (Å²) in [6.45, 7) is 4.73. The van der Waals surface area contributed by atoms with E-state index in [1.807, 2.05) is 12.1 Å². The molecule has 0 saturated carbocycles. The third-order valence-corrected chi connectivity index (χ3v) is 5.19. The fourth-order valence-electron chi connectivity index (χ4n) is 2.81. The van der Waals surface area contributed by atoms with Crippen molar-refractivity contribution in [2.24, 2.45) is 0 Å². The number of likely N-dealkylation sites (N-methyl/N-ethyl adjacent to an activating group) is 1. The van der Waals surface area contributed by atoms with Gasteiger partial charge < -0.3 is 10.2 Å². The van der Waals surface area contributed by atoms with Gasteiger partial charge in [0.15, 0.2) is 0 Å². The van der Waals surface area contributed by atoms with Crippen LogP contribution in [0.1, 0.15) is 10.9 Å². The van der Waals surface area contributed by atoms with Crippen LogP contribution in [0.3, 0.4) is 0 Å². The summed E-state index contributed by atoms with van der Waals surface area (Å²) in [5, 5.41) is 7.85. The number of piperazine rings is 1. The summed E-state index contributed by atoms with van der Waals surface area (Å²) < 4.78 is 0. The van der Waals surface area contributed by atoms with Crippen LogP contribution in [0.2, 0.25) is 0 Å². The first-order valence-corrected chi connectivity index (χ1v) is 9.02. The Labute approximate surface area is 146 Å². The fourth-order valence-corrected chi connectivity index (χ4v) is 3.67. The normalized spacial score (nSPS) is 17.4. The van der Waals surface area contributed by atoms with Gasteiger partial charge in [0.05, 0.1) is 6.04 Å². The Morgan fingerprint density at radius 1 is 1.25 bits per heavy atom. The topological polar surface area (TPSA) is 60.5 Å². The van der Waals surface area contributed by atoms with E-state index in [-0.39, 0.29) is 12.1 Å². The zero-order chi connectivity index (χ0) is 16.8. The van der Waals surface area contributed by atoms with Crippen LogP contribution < -0.4 is 10.6 Å². The summed E-state index contributed by atoms with van der Waals surface area (Å²) in [5.41, 5.74) is 0. The lowest BCUT2D eigenvalue weighted by Gasteiger charge is -2.37. The number of rotatable bonds is 5. The first kappa shape index (κ1) is 16.9. The number of aromatic nitrogens is 1. The van der Waals surface area contributed by atoms with Gasteiger partial charge in [-0.25, -0.2) is 9.78 Å². The molecule has 1 fully saturated rings. The summed E-state index contributed by atoms with van der Waals surface area (Å²) in [6.07, 6.45) is 1.66. The van der Waals surface area contributed by atoms with Crippen LogP contribution >= 0.6 is 11.3 Å². The van der Waals surface area contributed by atoms with Crippen LogP contribution in [-0.2, 0) is 0 Å². The third-order valence-electron chi connectivity index (χ3n) is 4.21. The van der Waals surface area contributed by atoms with Gasteiger partial charge in [-0.15, -0.1) is 11.3 Å². The Morgan fingerprint density at radius 2 is 2.08 bits per heavy atom. The van der Waals surface area contributed by atoms with E-state index in [1.165, 1.54) is 4.88 Å². The van der Waals surface area contributed by atoms with E-state index in [0.717, 1.165) is 26.2 Å². The molecule has 0 bridgehead atoms. The molecule has 1 atom stereocenters. The van der Waals surface area contributed by atoms with Gasteiger partial charge in [-0.1, -0.05) is 12.1 Å². The first-order chi connectivity index (χ1) is 11.7. The van der Waals surface area contributed by atoms with Gasteiger partial charge >= 0.3 is 6.03 Å². The molecule has 0 aromatic carbocycles. The monoisotopic (exact) mass is 345 g/mol. The van der Waals surface area contributed by atoms with Crippen molar-refractivity contribution in [3.8, 4) is 0 Å². The summed E-state index contributed by atoms with van der Waals surface area (Å²) in [4.78, 5) is 22.3. The highest BCUT2D eigenvalue weighted by Gasteiger charge is 2.25. The minimum Gasteiger partial charge on any atom is -0.336 e. The molecule has 24 heavy (non-hydrogen) atoms. The largest absolute Gasteiger partial charge is 0.336 e. The number of anilines is 1. The number of carbonyl (C=O) groups is 1. The quantitative estimate of drug-likeness (QED) is 0.873. The standard InChI is InChI=1S/C17H23N5OS/c1-21-8-10-22(11-9-21)14(15-5-4-12-24-15)13-19-17(23)20-16-6-2-3-7-18-16/h2-7,12,14H,8-11,13H2,1H3,(H2,18,19,20,23)/t14-/m0/s1. The number of urea groups is 1. The van der Waals surface area contributed by atoms with Crippen molar-refractivity contribution in [2.75, 3.05) is 45.1 Å². The number of carbonyl (C=O) groups excluding carboxylic acids is 1. The van der Waals surface area contributed by atoms with Gasteiger partial charge in [0.1, 0.15) is 5.82 Å². The molecule has 2 N–H and O–H groups in total. The number of hydrogen-bond donors (Lipinski definition) is 2. The van der Waals surface area contributed by atoms with E-state index >= 15 is 0 Å². The molecule has 2 aromatic heterocycles. The third kappa shape index (κ3) is 4.53. The highest BCUT2D eigenvalue weighted by Crippen LogP contribution is 2.25. The number of amides is 2. The molecule has 1 aliphatic rings. The molecule has 6 nitrogen and oxygen atoms in total. The summed E-state index contributed by atoms with van der Waals surface area (Å²) in [6, 6.07) is 9.65. The molecule has 7 heteroatoms. The van der Waals surface area contributed by atoms with Gasteiger partial charge in [-0.05, 0) is 30.6 Å². The van der Waals surface area contributed by atoms with Crippen molar-refractivity contribution in [1.82, 2.24) is 20.1 Å². The number of hydrogen-bond acceptors (Lipinski definition) is 5. The minimum absolute atomic E-state index is 0.216. The molecule has 0 spiro atoms. The second-order valence-electron chi connectivity index (χ2n) is 5.92. The predicted molar refractivity (Wildman–Crippen MR) is 97.4 cm³/mol. The molecule has 3 heterocycles. The van der Waals surface area contributed by atoms with Crippen molar-refractivity contribution in [2.45, 2.75) is 6.04 Å². The van der Waals surface area contributed by atoms with E-state index in [4.69, 9.17) is 0 Å². The molecule has 0 radical (unpaired) electrons. The van der Waals surface area contributed by atoms with Gasteiger partial charge in [-0.3, -0.25) is 10.2 Å². The lowest BCUT2D eigenvalue weighted by Crippen LogP contribution is -2.48.